The van der Waals surface area contributed by atoms with E-state index < -0.39 is 16.1 Å². The third-order valence-corrected chi connectivity index (χ3v) is 6.11. The summed E-state index contributed by atoms with van der Waals surface area (Å²) in [5.74, 6) is -0.321. The molecule has 28 heavy (non-hydrogen) atoms. The molecule has 0 aliphatic heterocycles. The zero-order valence-corrected chi connectivity index (χ0v) is 18.3. The number of nitrogens with one attached hydrogen (secondary N) is 1. The van der Waals surface area contributed by atoms with Crippen LogP contribution in [0.2, 0.25) is 0 Å². The van der Waals surface area contributed by atoms with E-state index in [1.165, 1.54) is 9.87 Å². The number of rotatable bonds is 7. The van der Waals surface area contributed by atoms with Gasteiger partial charge in [-0.3, -0.25) is 9.10 Å². The summed E-state index contributed by atoms with van der Waals surface area (Å²) in [4.78, 5) is 13.0. The van der Waals surface area contributed by atoms with Crippen molar-refractivity contribution >= 4 is 21.6 Å². The van der Waals surface area contributed by atoms with Crippen molar-refractivity contribution in [1.29, 1.82) is 0 Å². The molecule has 2 aromatic rings. The topological polar surface area (TPSA) is 66.5 Å². The zero-order chi connectivity index (χ0) is 21.1. The summed E-state index contributed by atoms with van der Waals surface area (Å²) >= 11 is 0. The van der Waals surface area contributed by atoms with Crippen molar-refractivity contribution in [2.75, 3.05) is 10.6 Å². The van der Waals surface area contributed by atoms with Crippen molar-refractivity contribution in [1.82, 2.24) is 5.32 Å². The van der Waals surface area contributed by atoms with Gasteiger partial charge in [-0.15, -0.1) is 0 Å². The fourth-order valence-electron chi connectivity index (χ4n) is 3.48. The zero-order valence-electron chi connectivity index (χ0n) is 17.5. The van der Waals surface area contributed by atoms with Gasteiger partial charge in [0.2, 0.25) is 15.9 Å². The fraction of sp³-hybridized carbons (Fsp3) is 0.409. The van der Waals surface area contributed by atoms with Crippen LogP contribution in [0.5, 0.6) is 0 Å². The Morgan fingerprint density at radius 1 is 1.07 bits per heavy atom. The molecule has 5 nitrogen and oxygen atoms in total. The lowest BCUT2D eigenvalue weighted by molar-refractivity contribution is -0.122. The summed E-state index contributed by atoms with van der Waals surface area (Å²) in [6.07, 6.45) is 1.84. The minimum absolute atomic E-state index is 0.172. The highest BCUT2D eigenvalue weighted by atomic mass is 32.2. The van der Waals surface area contributed by atoms with Gasteiger partial charge in [-0.2, -0.15) is 0 Å². The van der Waals surface area contributed by atoms with Crippen LogP contribution in [0, 0.1) is 20.8 Å². The number of amides is 1. The maximum absolute atomic E-state index is 13.0. The Morgan fingerprint density at radius 3 is 2.25 bits per heavy atom. The van der Waals surface area contributed by atoms with Crippen LogP contribution in [0.4, 0.5) is 5.69 Å². The molecule has 0 saturated carbocycles. The summed E-state index contributed by atoms with van der Waals surface area (Å²) < 4.78 is 26.1. The third-order valence-electron chi connectivity index (χ3n) is 4.87. The Hall–Kier alpha value is -2.34. The quantitative estimate of drug-likeness (QED) is 0.760. The highest BCUT2D eigenvalue weighted by Gasteiger charge is 2.30. The molecule has 6 heteroatoms. The van der Waals surface area contributed by atoms with Crippen LogP contribution in [0.1, 0.15) is 48.6 Å². The summed E-state index contributed by atoms with van der Waals surface area (Å²) in [5.41, 5.74) is 4.75. The summed E-state index contributed by atoms with van der Waals surface area (Å²) in [6, 6.07) is 12.3. The Kier molecular flexibility index (Phi) is 6.88. The number of benzene rings is 2. The maximum atomic E-state index is 13.0. The van der Waals surface area contributed by atoms with E-state index in [1.807, 2.05) is 45.9 Å². The van der Waals surface area contributed by atoms with Crippen molar-refractivity contribution < 1.29 is 13.2 Å². The molecule has 0 aliphatic carbocycles. The molecule has 2 rings (SSSR count). The molecule has 152 valence electrons. The number of carbonyl (C=O) groups excluding carboxylic acids is 1. The molecule has 2 atom stereocenters. The normalized spacial score (nSPS) is 13.6. The van der Waals surface area contributed by atoms with Gasteiger partial charge in [0.15, 0.2) is 0 Å². The Balaban J connectivity index is 2.31. The minimum atomic E-state index is -3.63. The first-order valence-electron chi connectivity index (χ1n) is 9.48. The monoisotopic (exact) mass is 402 g/mol. The van der Waals surface area contributed by atoms with Crippen LogP contribution < -0.4 is 9.62 Å². The Bertz CT molecular complexity index is 954. The fourth-order valence-corrected chi connectivity index (χ4v) is 4.65. The Labute approximate surface area is 168 Å². The smallest absolute Gasteiger partial charge is 0.244 e. The number of hydrogen-bond acceptors (Lipinski definition) is 3. The molecule has 0 unspecified atom stereocenters. The standard InChI is InChI=1S/C22H30N2O3S/c1-7-21(20-12-11-16(3)13-17(20)4)23-22(25)18(5)24(28(6,26)27)19-10-8-9-15(2)14-19/h8-14,18,21H,7H2,1-6H3,(H,23,25)/t18-,21-/m0/s1. The van der Waals surface area contributed by atoms with E-state index in [9.17, 15) is 13.2 Å². The van der Waals surface area contributed by atoms with Crippen LogP contribution in [-0.4, -0.2) is 26.6 Å². The minimum Gasteiger partial charge on any atom is -0.347 e. The highest BCUT2D eigenvalue weighted by Crippen LogP contribution is 2.25. The molecule has 1 N–H and O–H groups in total. The van der Waals surface area contributed by atoms with Crippen molar-refractivity contribution in [3.8, 4) is 0 Å². The average Bonchev–Trinajstić information content (AvgIpc) is 2.59. The summed E-state index contributed by atoms with van der Waals surface area (Å²) in [6.45, 7) is 9.57. The molecule has 1 amide bonds. The van der Waals surface area contributed by atoms with Crippen LogP contribution in [0.25, 0.3) is 0 Å². The van der Waals surface area contributed by atoms with Crippen LogP contribution in [0.15, 0.2) is 42.5 Å². The van der Waals surface area contributed by atoms with Gasteiger partial charge in [0, 0.05) is 0 Å². The number of aryl methyl sites for hydroxylation is 3. The number of carbonyl (C=O) groups is 1. The van der Waals surface area contributed by atoms with Crippen molar-refractivity contribution in [3.63, 3.8) is 0 Å². The van der Waals surface area contributed by atoms with E-state index in [0.29, 0.717) is 12.1 Å². The SMILES string of the molecule is CC[C@H](NC(=O)[C@H](C)N(c1cccc(C)c1)S(C)(=O)=O)c1ccc(C)cc1C. The molecule has 0 bridgehead atoms. The molecule has 2 aromatic carbocycles. The number of nitrogens with zero attached hydrogens (tertiary/aromatic N) is 1. The molecule has 0 saturated heterocycles. The van der Waals surface area contributed by atoms with E-state index in [0.717, 1.165) is 22.9 Å². The van der Waals surface area contributed by atoms with Crippen LogP contribution in [0.3, 0.4) is 0 Å². The summed E-state index contributed by atoms with van der Waals surface area (Å²) in [5, 5.41) is 3.03. The second kappa shape index (κ2) is 8.78. The molecule has 0 fully saturated rings. The average molecular weight is 403 g/mol. The third kappa shape index (κ3) is 5.13. The van der Waals surface area contributed by atoms with Crippen molar-refractivity contribution in [2.45, 2.75) is 53.1 Å². The molecular weight excluding hydrogens is 372 g/mol. The van der Waals surface area contributed by atoms with Gasteiger partial charge >= 0.3 is 0 Å². The van der Waals surface area contributed by atoms with Gasteiger partial charge in [-0.25, -0.2) is 8.42 Å². The summed E-state index contributed by atoms with van der Waals surface area (Å²) in [7, 11) is -3.63. The van der Waals surface area contributed by atoms with Crippen LogP contribution >= 0.6 is 0 Å². The second-order valence-electron chi connectivity index (χ2n) is 7.40. The van der Waals surface area contributed by atoms with Crippen molar-refractivity contribution in [2.24, 2.45) is 0 Å². The number of anilines is 1. The molecule has 0 spiro atoms. The lowest BCUT2D eigenvalue weighted by atomic mass is 9.97. The Morgan fingerprint density at radius 2 is 1.71 bits per heavy atom. The molecule has 0 aromatic heterocycles. The van der Waals surface area contributed by atoms with E-state index >= 15 is 0 Å². The van der Waals surface area contributed by atoms with E-state index in [1.54, 1.807) is 25.1 Å². The van der Waals surface area contributed by atoms with E-state index in [4.69, 9.17) is 0 Å². The van der Waals surface area contributed by atoms with Gasteiger partial charge in [-0.1, -0.05) is 42.8 Å². The first kappa shape index (κ1) is 22.0. The van der Waals surface area contributed by atoms with Gasteiger partial charge in [-0.05, 0) is 62.9 Å². The highest BCUT2D eigenvalue weighted by molar-refractivity contribution is 7.92. The van der Waals surface area contributed by atoms with Gasteiger partial charge in [0.05, 0.1) is 18.0 Å². The predicted molar refractivity (Wildman–Crippen MR) is 115 cm³/mol. The van der Waals surface area contributed by atoms with E-state index in [-0.39, 0.29) is 11.9 Å². The van der Waals surface area contributed by atoms with Crippen molar-refractivity contribution in [3.05, 3.63) is 64.7 Å². The van der Waals surface area contributed by atoms with Gasteiger partial charge in [0.25, 0.3) is 0 Å². The largest absolute Gasteiger partial charge is 0.347 e. The maximum Gasteiger partial charge on any atom is 0.244 e. The second-order valence-corrected chi connectivity index (χ2v) is 9.26. The number of hydrogen-bond donors (Lipinski definition) is 1. The number of sulfonamides is 1. The first-order valence-corrected chi connectivity index (χ1v) is 11.3. The lowest BCUT2D eigenvalue weighted by Gasteiger charge is -2.30. The van der Waals surface area contributed by atoms with Crippen LogP contribution in [-0.2, 0) is 14.8 Å². The van der Waals surface area contributed by atoms with Gasteiger partial charge < -0.3 is 5.32 Å². The first-order chi connectivity index (χ1) is 13.0. The molecule has 0 heterocycles. The molecule has 0 radical (unpaired) electrons. The molecule has 0 aliphatic rings. The molecular formula is C22H30N2O3S. The van der Waals surface area contributed by atoms with E-state index in [2.05, 4.69) is 11.4 Å². The predicted octanol–water partition coefficient (Wildman–Crippen LogP) is 4.03. The lowest BCUT2D eigenvalue weighted by Crippen LogP contribution is -2.48. The van der Waals surface area contributed by atoms with Gasteiger partial charge in [0.1, 0.15) is 6.04 Å².